The monoisotopic (exact) mass is 272 g/mol. The Morgan fingerprint density at radius 3 is 2.53 bits per heavy atom. The first-order valence-corrected chi connectivity index (χ1v) is 5.38. The molecule has 0 saturated heterocycles. The lowest BCUT2D eigenvalue weighted by Crippen LogP contribution is -2.08. The van der Waals surface area contributed by atoms with Crippen LogP contribution in [-0.2, 0) is 9.53 Å². The molecule has 0 aromatic heterocycles. The predicted molar refractivity (Wildman–Crippen MR) is 61.4 cm³/mol. The van der Waals surface area contributed by atoms with Gasteiger partial charge in [-0.25, -0.2) is 0 Å². The van der Waals surface area contributed by atoms with Gasteiger partial charge in [0.2, 0.25) is 0 Å². The Bertz CT molecular complexity index is 363. The molecule has 1 rings (SSSR count). The molecule has 82 valence electrons. The Hall–Kier alpha value is -1.03. The minimum absolute atomic E-state index is 0.306. The zero-order chi connectivity index (χ0) is 11.4. The van der Waals surface area contributed by atoms with Gasteiger partial charge >= 0.3 is 5.97 Å². The molecule has 0 radical (unpaired) electrons. The number of halogens is 1. The molecule has 1 aromatic carbocycles. The third-order valence-corrected chi connectivity index (χ3v) is 3.02. The van der Waals surface area contributed by atoms with Crippen LogP contribution in [0.2, 0.25) is 0 Å². The maximum Gasteiger partial charge on any atom is 0.323 e. The normalized spacial score (nSPS) is 12.0. The van der Waals surface area contributed by atoms with Crippen molar-refractivity contribution in [1.29, 1.82) is 0 Å². The third kappa shape index (κ3) is 2.72. The quantitative estimate of drug-likeness (QED) is 0.627. The first-order valence-electron chi connectivity index (χ1n) is 4.46. The third-order valence-electron chi connectivity index (χ3n) is 2.12. The van der Waals surface area contributed by atoms with Gasteiger partial charge in [-0.1, -0.05) is 28.1 Å². The smallest absolute Gasteiger partial charge is 0.323 e. The Labute approximate surface area is 97.5 Å². The molecule has 0 N–H and O–H groups in total. The Balaban J connectivity index is 2.97. The van der Waals surface area contributed by atoms with E-state index < -0.39 is 4.83 Å². The molecule has 0 saturated carbocycles. The number of hydrogen-bond donors (Lipinski definition) is 0. The maximum atomic E-state index is 11.3. The molecule has 0 bridgehead atoms. The summed E-state index contributed by atoms with van der Waals surface area (Å²) in [7, 11) is 2.99. The zero-order valence-corrected chi connectivity index (χ0v) is 10.5. The van der Waals surface area contributed by atoms with Crippen LogP contribution in [0.1, 0.15) is 16.0 Å². The molecule has 0 amide bonds. The second-order valence-electron chi connectivity index (χ2n) is 3.11. The van der Waals surface area contributed by atoms with E-state index in [0.29, 0.717) is 0 Å². The van der Waals surface area contributed by atoms with Crippen LogP contribution in [0.4, 0.5) is 0 Å². The largest absolute Gasteiger partial charge is 0.496 e. The van der Waals surface area contributed by atoms with Crippen molar-refractivity contribution >= 4 is 21.9 Å². The summed E-state index contributed by atoms with van der Waals surface area (Å²) in [5, 5.41) is 0. The highest BCUT2D eigenvalue weighted by Gasteiger charge is 2.18. The molecular weight excluding hydrogens is 260 g/mol. The van der Waals surface area contributed by atoms with E-state index in [1.807, 2.05) is 25.1 Å². The molecule has 4 heteroatoms. The number of hydrogen-bond acceptors (Lipinski definition) is 3. The number of carbonyl (C=O) groups excluding carboxylic acids is 1. The van der Waals surface area contributed by atoms with Crippen molar-refractivity contribution in [3.63, 3.8) is 0 Å². The molecule has 15 heavy (non-hydrogen) atoms. The van der Waals surface area contributed by atoms with Crippen LogP contribution < -0.4 is 4.74 Å². The minimum atomic E-state index is -0.424. The standard InChI is InChI=1S/C11H13BrO3/c1-7-6-8(4-5-9(7)14-2)10(12)11(13)15-3/h4-6,10H,1-3H3. The zero-order valence-electron chi connectivity index (χ0n) is 8.91. The lowest BCUT2D eigenvalue weighted by molar-refractivity contribution is -0.139. The first kappa shape index (κ1) is 12.0. The van der Waals surface area contributed by atoms with Gasteiger partial charge in [-0.3, -0.25) is 4.79 Å². The second kappa shape index (κ2) is 5.16. The summed E-state index contributed by atoms with van der Waals surface area (Å²) in [4.78, 5) is 10.9. The van der Waals surface area contributed by atoms with E-state index in [2.05, 4.69) is 20.7 Å². The number of esters is 1. The van der Waals surface area contributed by atoms with Crippen LogP contribution in [0.25, 0.3) is 0 Å². The number of aryl methyl sites for hydroxylation is 1. The van der Waals surface area contributed by atoms with E-state index >= 15 is 0 Å². The predicted octanol–water partition coefficient (Wildman–Crippen LogP) is 2.61. The highest BCUT2D eigenvalue weighted by atomic mass is 79.9. The summed E-state index contributed by atoms with van der Waals surface area (Å²) >= 11 is 3.28. The van der Waals surface area contributed by atoms with Gasteiger partial charge in [0.1, 0.15) is 10.6 Å². The van der Waals surface area contributed by atoms with Crippen molar-refractivity contribution in [3.8, 4) is 5.75 Å². The fourth-order valence-corrected chi connectivity index (χ4v) is 1.77. The van der Waals surface area contributed by atoms with Gasteiger partial charge in [-0.2, -0.15) is 0 Å². The summed E-state index contributed by atoms with van der Waals surface area (Å²) in [6.07, 6.45) is 0. The summed E-state index contributed by atoms with van der Waals surface area (Å²) in [6, 6.07) is 5.57. The van der Waals surface area contributed by atoms with Crippen LogP contribution in [0.5, 0.6) is 5.75 Å². The van der Waals surface area contributed by atoms with Crippen LogP contribution >= 0.6 is 15.9 Å². The molecule has 0 fully saturated rings. The molecule has 0 heterocycles. The lowest BCUT2D eigenvalue weighted by atomic mass is 10.1. The van der Waals surface area contributed by atoms with Crippen molar-refractivity contribution in [1.82, 2.24) is 0 Å². The Morgan fingerprint density at radius 2 is 2.07 bits per heavy atom. The minimum Gasteiger partial charge on any atom is -0.496 e. The number of carbonyl (C=O) groups is 1. The van der Waals surface area contributed by atoms with E-state index in [0.717, 1.165) is 16.9 Å². The molecule has 1 atom stereocenters. The van der Waals surface area contributed by atoms with Gasteiger partial charge in [0, 0.05) is 0 Å². The number of methoxy groups -OCH3 is 2. The Morgan fingerprint density at radius 1 is 1.40 bits per heavy atom. The van der Waals surface area contributed by atoms with E-state index in [9.17, 15) is 4.79 Å². The molecule has 0 aliphatic rings. The number of rotatable bonds is 3. The van der Waals surface area contributed by atoms with Gasteiger partial charge in [0.15, 0.2) is 0 Å². The summed E-state index contributed by atoms with van der Waals surface area (Å²) in [6.45, 7) is 1.93. The van der Waals surface area contributed by atoms with Gasteiger partial charge in [0.05, 0.1) is 14.2 Å². The topological polar surface area (TPSA) is 35.5 Å². The highest BCUT2D eigenvalue weighted by Crippen LogP contribution is 2.28. The summed E-state index contributed by atoms with van der Waals surface area (Å²) < 4.78 is 9.78. The van der Waals surface area contributed by atoms with E-state index in [1.165, 1.54) is 7.11 Å². The SMILES string of the molecule is COC(=O)C(Br)c1ccc(OC)c(C)c1. The maximum absolute atomic E-state index is 11.3. The molecule has 3 nitrogen and oxygen atoms in total. The van der Waals surface area contributed by atoms with E-state index in [-0.39, 0.29) is 5.97 Å². The molecular formula is C11H13BrO3. The second-order valence-corrected chi connectivity index (χ2v) is 4.03. The molecule has 1 aromatic rings. The van der Waals surface area contributed by atoms with Gasteiger partial charge < -0.3 is 9.47 Å². The van der Waals surface area contributed by atoms with Gasteiger partial charge in [-0.05, 0) is 24.1 Å². The van der Waals surface area contributed by atoms with Crippen LogP contribution in [0, 0.1) is 6.92 Å². The first-order chi connectivity index (χ1) is 7.10. The van der Waals surface area contributed by atoms with Crippen LogP contribution in [0.15, 0.2) is 18.2 Å². The average Bonchev–Trinajstić information content (AvgIpc) is 2.26. The number of ether oxygens (including phenoxy) is 2. The molecule has 0 spiro atoms. The van der Waals surface area contributed by atoms with Gasteiger partial charge in [0.25, 0.3) is 0 Å². The van der Waals surface area contributed by atoms with Crippen molar-refractivity contribution in [2.45, 2.75) is 11.8 Å². The van der Waals surface area contributed by atoms with Crippen molar-refractivity contribution in [3.05, 3.63) is 29.3 Å². The average molecular weight is 273 g/mol. The summed E-state index contributed by atoms with van der Waals surface area (Å²) in [5.41, 5.74) is 1.85. The van der Waals surface area contributed by atoms with Crippen molar-refractivity contribution in [2.75, 3.05) is 14.2 Å². The van der Waals surface area contributed by atoms with E-state index in [1.54, 1.807) is 7.11 Å². The van der Waals surface area contributed by atoms with Crippen LogP contribution in [0.3, 0.4) is 0 Å². The lowest BCUT2D eigenvalue weighted by Gasteiger charge is -2.10. The molecule has 1 unspecified atom stereocenters. The van der Waals surface area contributed by atoms with Gasteiger partial charge in [-0.15, -0.1) is 0 Å². The fourth-order valence-electron chi connectivity index (χ4n) is 1.30. The molecule has 0 aliphatic carbocycles. The number of alkyl halides is 1. The van der Waals surface area contributed by atoms with Crippen LogP contribution in [-0.4, -0.2) is 20.2 Å². The highest BCUT2D eigenvalue weighted by molar-refractivity contribution is 9.09. The van der Waals surface area contributed by atoms with Crippen molar-refractivity contribution in [2.24, 2.45) is 0 Å². The fraction of sp³-hybridized carbons (Fsp3) is 0.364. The van der Waals surface area contributed by atoms with Crippen molar-refractivity contribution < 1.29 is 14.3 Å². The number of benzene rings is 1. The summed E-state index contributed by atoms with van der Waals surface area (Å²) in [5.74, 6) is 0.503. The Kier molecular flexibility index (Phi) is 4.15. The molecule has 0 aliphatic heterocycles. The van der Waals surface area contributed by atoms with E-state index in [4.69, 9.17) is 4.74 Å².